The summed E-state index contributed by atoms with van der Waals surface area (Å²) in [4.78, 5) is 25.4. The fourth-order valence-corrected chi connectivity index (χ4v) is 2.34. The van der Waals surface area contributed by atoms with E-state index in [1.54, 1.807) is 0 Å². The Bertz CT molecular complexity index is 513. The molecule has 0 aliphatic carbocycles. The first-order chi connectivity index (χ1) is 9.52. The predicted molar refractivity (Wildman–Crippen MR) is 70.8 cm³/mol. The van der Waals surface area contributed by atoms with Crippen molar-refractivity contribution < 1.29 is 19.1 Å². The molecule has 1 aliphatic rings. The molecule has 1 fully saturated rings. The monoisotopic (exact) mass is 280 g/mol. The molecule has 0 aromatic heterocycles. The van der Waals surface area contributed by atoms with Crippen LogP contribution in [0.4, 0.5) is 4.39 Å². The van der Waals surface area contributed by atoms with E-state index in [4.69, 9.17) is 0 Å². The zero-order chi connectivity index (χ0) is 14.7. The number of likely N-dealkylation sites (N-methyl/N-ethyl adjacent to an activating group) is 1. The van der Waals surface area contributed by atoms with Gasteiger partial charge in [-0.25, -0.2) is 4.39 Å². The van der Waals surface area contributed by atoms with Crippen molar-refractivity contribution in [3.8, 4) is 5.75 Å². The molecule has 1 atom stereocenters. The Morgan fingerprint density at radius 2 is 2.20 bits per heavy atom. The number of nitrogens with one attached hydrogen (secondary N) is 1. The molecule has 108 valence electrons. The van der Waals surface area contributed by atoms with Crippen molar-refractivity contribution in [3.05, 3.63) is 29.6 Å². The number of benzene rings is 1. The lowest BCUT2D eigenvalue weighted by Crippen LogP contribution is -2.46. The number of hydrogen-bond donors (Lipinski definition) is 2. The van der Waals surface area contributed by atoms with Crippen molar-refractivity contribution in [2.45, 2.75) is 25.3 Å². The normalized spacial score (nSPS) is 19.1. The van der Waals surface area contributed by atoms with Gasteiger partial charge in [0, 0.05) is 13.6 Å². The molecule has 2 N–H and O–H groups in total. The van der Waals surface area contributed by atoms with Gasteiger partial charge in [0.05, 0.1) is 0 Å². The summed E-state index contributed by atoms with van der Waals surface area (Å²) in [5.41, 5.74) is -0.396. The third-order valence-corrected chi connectivity index (χ3v) is 3.50. The second-order valence-corrected chi connectivity index (χ2v) is 4.85. The molecule has 1 aromatic carbocycles. The number of aromatic hydroxyl groups is 1. The average Bonchev–Trinajstić information content (AvgIpc) is 2.62. The molecule has 2 amide bonds. The molecule has 5 nitrogen and oxygen atoms in total. The topological polar surface area (TPSA) is 69.6 Å². The lowest BCUT2D eigenvalue weighted by atomic mass is 10.1. The number of phenols is 1. The van der Waals surface area contributed by atoms with Gasteiger partial charge in [0.2, 0.25) is 5.91 Å². The first-order valence-electron chi connectivity index (χ1n) is 6.54. The third kappa shape index (κ3) is 2.74. The molecule has 0 spiro atoms. The van der Waals surface area contributed by atoms with Crippen LogP contribution in [0.3, 0.4) is 0 Å². The zero-order valence-electron chi connectivity index (χ0n) is 11.2. The summed E-state index contributed by atoms with van der Waals surface area (Å²) in [6, 6.07) is 3.04. The van der Waals surface area contributed by atoms with Crippen molar-refractivity contribution in [3.63, 3.8) is 0 Å². The summed E-state index contributed by atoms with van der Waals surface area (Å²) in [6.45, 7) is 0.586. The van der Waals surface area contributed by atoms with E-state index in [-0.39, 0.29) is 5.91 Å². The molecule has 0 saturated carbocycles. The van der Waals surface area contributed by atoms with Gasteiger partial charge < -0.3 is 15.3 Å². The predicted octanol–water partition coefficient (Wildman–Crippen LogP) is 1.27. The van der Waals surface area contributed by atoms with Crippen LogP contribution < -0.4 is 5.32 Å². The third-order valence-electron chi connectivity index (χ3n) is 3.50. The second-order valence-electron chi connectivity index (χ2n) is 4.85. The van der Waals surface area contributed by atoms with Crippen LogP contribution in [-0.2, 0) is 4.79 Å². The standard InChI is InChI=1S/C14H17FN2O3/c1-17(10-6-2-3-8-16-13(10)19)14(20)12-9(15)5-4-7-11(12)18/h4-5,7,10,18H,2-3,6,8H2,1H3,(H,16,19)/t10-/m1/s1. The first kappa shape index (κ1) is 14.3. The maximum atomic E-state index is 13.7. The van der Waals surface area contributed by atoms with E-state index in [1.807, 2.05) is 0 Å². The van der Waals surface area contributed by atoms with E-state index in [0.29, 0.717) is 13.0 Å². The molecular formula is C14H17FN2O3. The molecule has 0 radical (unpaired) electrons. The smallest absolute Gasteiger partial charge is 0.261 e. The van der Waals surface area contributed by atoms with Crippen molar-refractivity contribution in [2.24, 2.45) is 0 Å². The van der Waals surface area contributed by atoms with Gasteiger partial charge in [0.15, 0.2) is 0 Å². The molecule has 1 saturated heterocycles. The number of phenolic OH excluding ortho intramolecular Hbond substituents is 1. The number of amides is 2. The fourth-order valence-electron chi connectivity index (χ4n) is 2.34. The molecule has 1 aliphatic heterocycles. The summed E-state index contributed by atoms with van der Waals surface area (Å²) in [7, 11) is 1.45. The van der Waals surface area contributed by atoms with Gasteiger partial charge in [-0.3, -0.25) is 9.59 Å². The Morgan fingerprint density at radius 1 is 1.45 bits per heavy atom. The molecule has 20 heavy (non-hydrogen) atoms. The minimum atomic E-state index is -0.795. The van der Waals surface area contributed by atoms with E-state index in [2.05, 4.69) is 5.32 Å². The number of carbonyl (C=O) groups is 2. The lowest BCUT2D eigenvalue weighted by Gasteiger charge is -2.26. The zero-order valence-corrected chi connectivity index (χ0v) is 11.2. The number of nitrogens with zero attached hydrogens (tertiary/aromatic N) is 1. The Hall–Kier alpha value is -2.11. The van der Waals surface area contributed by atoms with Crippen molar-refractivity contribution in [1.82, 2.24) is 10.2 Å². The number of carbonyl (C=O) groups excluding carboxylic acids is 2. The van der Waals surface area contributed by atoms with Gasteiger partial charge in [-0.1, -0.05) is 6.07 Å². The van der Waals surface area contributed by atoms with E-state index in [9.17, 15) is 19.1 Å². The molecule has 1 heterocycles. The maximum Gasteiger partial charge on any atom is 0.261 e. The van der Waals surface area contributed by atoms with Gasteiger partial charge in [-0.05, 0) is 31.4 Å². The molecule has 0 unspecified atom stereocenters. The summed E-state index contributed by atoms with van der Waals surface area (Å²) < 4.78 is 13.7. The van der Waals surface area contributed by atoms with Crippen LogP contribution >= 0.6 is 0 Å². The van der Waals surface area contributed by atoms with Gasteiger partial charge in [0.1, 0.15) is 23.2 Å². The summed E-state index contributed by atoms with van der Waals surface area (Å²) in [6.07, 6.45) is 2.20. The van der Waals surface area contributed by atoms with Gasteiger partial charge in [0.25, 0.3) is 5.91 Å². The molecule has 2 rings (SSSR count). The van der Waals surface area contributed by atoms with Crippen LogP contribution in [0.2, 0.25) is 0 Å². The minimum absolute atomic E-state index is 0.242. The SMILES string of the molecule is CN(C(=O)c1c(O)cccc1F)[C@@H]1CCCCNC1=O. The highest BCUT2D eigenvalue weighted by Gasteiger charge is 2.30. The highest BCUT2D eigenvalue weighted by atomic mass is 19.1. The Balaban J connectivity index is 2.25. The molecule has 0 bridgehead atoms. The number of hydrogen-bond acceptors (Lipinski definition) is 3. The molecule has 1 aromatic rings. The van der Waals surface area contributed by atoms with E-state index in [1.165, 1.54) is 24.1 Å². The van der Waals surface area contributed by atoms with Gasteiger partial charge >= 0.3 is 0 Å². The van der Waals surface area contributed by atoms with Crippen molar-refractivity contribution >= 4 is 11.8 Å². The maximum absolute atomic E-state index is 13.7. The van der Waals surface area contributed by atoms with Crippen LogP contribution in [0.25, 0.3) is 0 Å². The fraction of sp³-hybridized carbons (Fsp3) is 0.429. The second kappa shape index (κ2) is 5.90. The summed E-state index contributed by atoms with van der Waals surface area (Å²) in [5.74, 6) is -2.15. The largest absolute Gasteiger partial charge is 0.507 e. The Kier molecular flexibility index (Phi) is 4.22. The quantitative estimate of drug-likeness (QED) is 0.857. The first-order valence-corrected chi connectivity index (χ1v) is 6.54. The van der Waals surface area contributed by atoms with E-state index in [0.717, 1.165) is 18.9 Å². The summed E-state index contributed by atoms with van der Waals surface area (Å²) in [5, 5.41) is 12.4. The van der Waals surface area contributed by atoms with Gasteiger partial charge in [-0.15, -0.1) is 0 Å². The highest BCUT2D eigenvalue weighted by molar-refractivity contribution is 5.99. The van der Waals surface area contributed by atoms with Crippen molar-refractivity contribution in [2.75, 3.05) is 13.6 Å². The van der Waals surface area contributed by atoms with E-state index < -0.39 is 29.1 Å². The minimum Gasteiger partial charge on any atom is -0.507 e. The van der Waals surface area contributed by atoms with Crippen LogP contribution in [-0.4, -0.2) is 41.5 Å². The van der Waals surface area contributed by atoms with Crippen LogP contribution in [0, 0.1) is 5.82 Å². The van der Waals surface area contributed by atoms with Crippen LogP contribution in [0.15, 0.2) is 18.2 Å². The highest BCUT2D eigenvalue weighted by Crippen LogP contribution is 2.23. The van der Waals surface area contributed by atoms with Gasteiger partial charge in [-0.2, -0.15) is 0 Å². The Morgan fingerprint density at radius 3 is 2.90 bits per heavy atom. The lowest BCUT2D eigenvalue weighted by molar-refractivity contribution is -0.125. The van der Waals surface area contributed by atoms with Crippen LogP contribution in [0.1, 0.15) is 29.6 Å². The molecular weight excluding hydrogens is 263 g/mol. The summed E-state index contributed by atoms with van der Waals surface area (Å²) >= 11 is 0. The number of halogens is 1. The average molecular weight is 280 g/mol. The van der Waals surface area contributed by atoms with E-state index >= 15 is 0 Å². The number of rotatable bonds is 2. The molecule has 6 heteroatoms. The van der Waals surface area contributed by atoms with Crippen LogP contribution in [0.5, 0.6) is 5.75 Å². The Labute approximate surface area is 116 Å². The van der Waals surface area contributed by atoms with Crippen molar-refractivity contribution in [1.29, 1.82) is 0 Å².